The Morgan fingerprint density at radius 1 is 1.42 bits per heavy atom. The van der Waals surface area contributed by atoms with E-state index in [-0.39, 0.29) is 17.2 Å². The third-order valence-electron chi connectivity index (χ3n) is 3.33. The van der Waals surface area contributed by atoms with Gasteiger partial charge in [-0.3, -0.25) is 4.79 Å². The standard InChI is InChI=1S/C14H26N2O3/c1-10(8-14(2,3)4)7-12(17)16-6-5-15-9-11(16)13(18)19/h10-11,15H,5-9H2,1-4H3,(H,18,19). The molecule has 2 N–H and O–H groups in total. The molecule has 110 valence electrons. The van der Waals surface area contributed by atoms with Crippen molar-refractivity contribution < 1.29 is 14.7 Å². The van der Waals surface area contributed by atoms with Gasteiger partial charge in [0.05, 0.1) is 0 Å². The average Bonchev–Trinajstić information content (AvgIpc) is 2.26. The van der Waals surface area contributed by atoms with Crippen molar-refractivity contribution in [3.63, 3.8) is 0 Å². The van der Waals surface area contributed by atoms with Crippen LogP contribution in [0.3, 0.4) is 0 Å². The molecule has 0 aromatic heterocycles. The molecule has 0 radical (unpaired) electrons. The Balaban J connectivity index is 2.58. The number of hydrogen-bond acceptors (Lipinski definition) is 3. The van der Waals surface area contributed by atoms with Crippen molar-refractivity contribution in [2.45, 2.75) is 46.6 Å². The van der Waals surface area contributed by atoms with Gasteiger partial charge < -0.3 is 15.3 Å². The number of carbonyl (C=O) groups excluding carboxylic acids is 1. The lowest BCUT2D eigenvalue weighted by atomic mass is 9.84. The Morgan fingerprint density at radius 2 is 2.05 bits per heavy atom. The first-order valence-electron chi connectivity index (χ1n) is 6.93. The molecule has 1 aliphatic heterocycles. The number of amides is 1. The molecule has 1 amide bonds. The summed E-state index contributed by atoms with van der Waals surface area (Å²) in [5.74, 6) is -0.688. The largest absolute Gasteiger partial charge is 0.480 e. The van der Waals surface area contributed by atoms with Gasteiger partial charge >= 0.3 is 5.97 Å². The van der Waals surface area contributed by atoms with Crippen LogP contribution in [0.2, 0.25) is 0 Å². The first kappa shape index (κ1) is 16.0. The molecule has 0 saturated carbocycles. The van der Waals surface area contributed by atoms with Crippen molar-refractivity contribution in [3.8, 4) is 0 Å². The van der Waals surface area contributed by atoms with Crippen LogP contribution < -0.4 is 5.32 Å². The second-order valence-corrected chi connectivity index (χ2v) is 6.72. The van der Waals surface area contributed by atoms with E-state index in [1.807, 2.05) is 0 Å². The van der Waals surface area contributed by atoms with E-state index in [0.29, 0.717) is 26.1 Å². The van der Waals surface area contributed by atoms with Crippen LogP contribution in [0.5, 0.6) is 0 Å². The van der Waals surface area contributed by atoms with Crippen molar-refractivity contribution in [1.82, 2.24) is 10.2 Å². The lowest BCUT2D eigenvalue weighted by molar-refractivity contribution is -0.151. The van der Waals surface area contributed by atoms with E-state index in [1.54, 1.807) is 0 Å². The Morgan fingerprint density at radius 3 is 2.58 bits per heavy atom. The van der Waals surface area contributed by atoms with Crippen molar-refractivity contribution >= 4 is 11.9 Å². The molecular formula is C14H26N2O3. The van der Waals surface area contributed by atoms with Crippen molar-refractivity contribution in [3.05, 3.63) is 0 Å². The van der Waals surface area contributed by atoms with E-state index in [4.69, 9.17) is 5.11 Å². The number of carboxylic acids is 1. The number of nitrogens with zero attached hydrogens (tertiary/aromatic N) is 1. The van der Waals surface area contributed by atoms with Gasteiger partial charge in [0.1, 0.15) is 6.04 Å². The highest BCUT2D eigenvalue weighted by atomic mass is 16.4. The molecule has 5 nitrogen and oxygen atoms in total. The zero-order valence-electron chi connectivity index (χ0n) is 12.4. The van der Waals surface area contributed by atoms with E-state index in [9.17, 15) is 9.59 Å². The number of carbonyl (C=O) groups is 2. The topological polar surface area (TPSA) is 69.6 Å². The zero-order chi connectivity index (χ0) is 14.6. The summed E-state index contributed by atoms with van der Waals surface area (Å²) in [7, 11) is 0. The van der Waals surface area contributed by atoms with Crippen LogP contribution in [0.25, 0.3) is 0 Å². The maximum absolute atomic E-state index is 12.2. The van der Waals surface area contributed by atoms with Crippen molar-refractivity contribution in [2.75, 3.05) is 19.6 Å². The predicted molar refractivity (Wildman–Crippen MR) is 73.9 cm³/mol. The summed E-state index contributed by atoms with van der Waals surface area (Å²) < 4.78 is 0. The van der Waals surface area contributed by atoms with Crippen molar-refractivity contribution in [2.24, 2.45) is 11.3 Å². The molecule has 0 bridgehead atoms. The number of aliphatic carboxylic acids is 1. The summed E-state index contributed by atoms with van der Waals surface area (Å²) in [5, 5.41) is 12.2. The summed E-state index contributed by atoms with van der Waals surface area (Å²) in [6.07, 6.45) is 1.39. The number of rotatable bonds is 4. The zero-order valence-corrected chi connectivity index (χ0v) is 12.4. The fourth-order valence-corrected chi connectivity index (χ4v) is 2.76. The summed E-state index contributed by atoms with van der Waals surface area (Å²) in [6, 6.07) is -0.719. The lowest BCUT2D eigenvalue weighted by Crippen LogP contribution is -2.57. The second-order valence-electron chi connectivity index (χ2n) is 6.72. The van der Waals surface area contributed by atoms with Crippen LogP contribution in [0, 0.1) is 11.3 Å². The molecule has 0 aromatic carbocycles. The third kappa shape index (κ3) is 5.19. The van der Waals surface area contributed by atoms with E-state index >= 15 is 0 Å². The van der Waals surface area contributed by atoms with Gasteiger partial charge in [-0.1, -0.05) is 27.7 Å². The highest BCUT2D eigenvalue weighted by Gasteiger charge is 2.32. The number of hydrogen-bond donors (Lipinski definition) is 2. The molecule has 1 fully saturated rings. The molecule has 5 heteroatoms. The van der Waals surface area contributed by atoms with Gasteiger partial charge in [0.15, 0.2) is 0 Å². The van der Waals surface area contributed by atoms with Gasteiger partial charge in [-0.25, -0.2) is 4.79 Å². The summed E-state index contributed by atoms with van der Waals surface area (Å²) >= 11 is 0. The number of carboxylic acid groups (broad SMARTS) is 1. The molecule has 1 saturated heterocycles. The minimum Gasteiger partial charge on any atom is -0.480 e. The first-order valence-corrected chi connectivity index (χ1v) is 6.93. The monoisotopic (exact) mass is 270 g/mol. The Labute approximate surface area is 115 Å². The van der Waals surface area contributed by atoms with Gasteiger partial charge in [0.2, 0.25) is 5.91 Å². The minimum atomic E-state index is -0.927. The van der Waals surface area contributed by atoms with Gasteiger partial charge in [-0.15, -0.1) is 0 Å². The molecule has 0 aromatic rings. The van der Waals surface area contributed by atoms with Gasteiger partial charge in [-0.2, -0.15) is 0 Å². The first-order chi connectivity index (χ1) is 8.70. The van der Waals surface area contributed by atoms with Crippen LogP contribution in [-0.4, -0.2) is 47.6 Å². The minimum absolute atomic E-state index is 0.0364. The molecule has 0 spiro atoms. The smallest absolute Gasteiger partial charge is 0.327 e. The summed E-state index contributed by atoms with van der Waals surface area (Å²) in [6.45, 7) is 10.0. The average molecular weight is 270 g/mol. The summed E-state index contributed by atoms with van der Waals surface area (Å²) in [4.78, 5) is 24.9. The lowest BCUT2D eigenvalue weighted by Gasteiger charge is -2.34. The van der Waals surface area contributed by atoms with Crippen LogP contribution >= 0.6 is 0 Å². The molecule has 0 aliphatic carbocycles. The van der Waals surface area contributed by atoms with E-state index in [0.717, 1.165) is 6.42 Å². The fourth-order valence-electron chi connectivity index (χ4n) is 2.76. The molecule has 1 aliphatic rings. The Kier molecular flexibility index (Phi) is 5.35. The molecule has 2 atom stereocenters. The summed E-state index contributed by atoms with van der Waals surface area (Å²) in [5.41, 5.74) is 0.190. The maximum atomic E-state index is 12.2. The van der Waals surface area contributed by atoms with Gasteiger partial charge in [0.25, 0.3) is 0 Å². The fraction of sp³-hybridized carbons (Fsp3) is 0.857. The highest BCUT2D eigenvalue weighted by molar-refractivity contribution is 5.84. The Bertz CT molecular complexity index is 336. The molecule has 1 heterocycles. The SMILES string of the molecule is CC(CC(=O)N1CCNCC1C(=O)O)CC(C)(C)C. The third-order valence-corrected chi connectivity index (χ3v) is 3.33. The van der Waals surface area contributed by atoms with Crippen LogP contribution in [0.15, 0.2) is 0 Å². The number of nitrogens with one attached hydrogen (secondary N) is 1. The van der Waals surface area contributed by atoms with Crippen LogP contribution in [-0.2, 0) is 9.59 Å². The van der Waals surface area contributed by atoms with Gasteiger partial charge in [-0.05, 0) is 17.8 Å². The highest BCUT2D eigenvalue weighted by Crippen LogP contribution is 2.26. The predicted octanol–water partition coefficient (Wildman–Crippen LogP) is 1.33. The normalized spacial score (nSPS) is 22.1. The van der Waals surface area contributed by atoms with E-state index in [1.165, 1.54) is 4.90 Å². The number of piperazine rings is 1. The molecule has 2 unspecified atom stereocenters. The van der Waals surface area contributed by atoms with E-state index < -0.39 is 12.0 Å². The second kappa shape index (κ2) is 6.37. The van der Waals surface area contributed by atoms with Crippen LogP contribution in [0.4, 0.5) is 0 Å². The van der Waals surface area contributed by atoms with Crippen molar-refractivity contribution in [1.29, 1.82) is 0 Å². The molecule has 1 rings (SSSR count). The molecule has 19 heavy (non-hydrogen) atoms. The van der Waals surface area contributed by atoms with Gasteiger partial charge in [0, 0.05) is 26.1 Å². The molecular weight excluding hydrogens is 244 g/mol. The quantitative estimate of drug-likeness (QED) is 0.808. The maximum Gasteiger partial charge on any atom is 0.327 e. The van der Waals surface area contributed by atoms with Crippen LogP contribution in [0.1, 0.15) is 40.5 Å². The van der Waals surface area contributed by atoms with E-state index in [2.05, 4.69) is 33.0 Å². The Hall–Kier alpha value is -1.10.